The molecule has 6 rings (SSSR count). The number of nitrogens with one attached hydrogen (secondary N) is 1. The van der Waals surface area contributed by atoms with Crippen molar-refractivity contribution < 1.29 is 22.2 Å². The molecule has 14 heteroatoms. The SMILES string of the molecule is Fc1cnn(C(F)F)c1-c1cnn([C@H](CC2CC2)c2ccc(-c3c(-[n+]4cnn[nH]4)ccc(Cl)c3F)cn2)c1. The molecule has 194 valence electrons. The van der Waals surface area contributed by atoms with Crippen LogP contribution < -0.4 is 4.68 Å². The van der Waals surface area contributed by atoms with Gasteiger partial charge in [-0.15, -0.1) is 4.68 Å². The zero-order chi connectivity index (χ0) is 26.4. The van der Waals surface area contributed by atoms with Crippen LogP contribution in [-0.2, 0) is 0 Å². The van der Waals surface area contributed by atoms with Crippen molar-refractivity contribution in [3.05, 3.63) is 77.7 Å². The van der Waals surface area contributed by atoms with Gasteiger partial charge in [0.1, 0.15) is 16.5 Å². The monoisotopic (exact) mass is 544 g/mol. The Morgan fingerprint density at radius 3 is 2.58 bits per heavy atom. The van der Waals surface area contributed by atoms with Gasteiger partial charge in [-0.05, 0) is 30.5 Å². The minimum absolute atomic E-state index is 0.0492. The lowest BCUT2D eigenvalue weighted by Crippen LogP contribution is -2.33. The first-order valence-corrected chi connectivity index (χ1v) is 12.1. The van der Waals surface area contributed by atoms with Gasteiger partial charge < -0.3 is 0 Å². The van der Waals surface area contributed by atoms with Crippen LogP contribution in [0, 0.1) is 17.6 Å². The topological polar surface area (TPSA) is 94.0 Å². The molecule has 5 aromatic rings. The molecule has 38 heavy (non-hydrogen) atoms. The molecule has 1 aliphatic carbocycles. The molecule has 0 amide bonds. The number of hydrogen-bond donors (Lipinski definition) is 1. The van der Waals surface area contributed by atoms with Gasteiger partial charge in [-0.25, -0.2) is 13.5 Å². The van der Waals surface area contributed by atoms with Gasteiger partial charge >= 0.3 is 6.55 Å². The maximum absolute atomic E-state index is 15.2. The third kappa shape index (κ3) is 4.42. The normalized spacial score (nSPS) is 14.4. The number of alkyl halides is 2. The Hall–Kier alpha value is -4.13. The Morgan fingerprint density at radius 1 is 1.05 bits per heavy atom. The summed E-state index contributed by atoms with van der Waals surface area (Å²) in [6.07, 6.45) is 9.35. The molecule has 0 radical (unpaired) electrons. The average Bonchev–Trinajstić information content (AvgIpc) is 3.28. The fourth-order valence-corrected chi connectivity index (χ4v) is 4.64. The van der Waals surface area contributed by atoms with Crippen LogP contribution in [0.15, 0.2) is 55.4 Å². The largest absolute Gasteiger partial charge is 0.333 e. The molecule has 1 N–H and O–H groups in total. The lowest BCUT2D eigenvalue weighted by molar-refractivity contribution is -0.659. The number of hydrogen-bond acceptors (Lipinski definition) is 5. The number of H-pyrrole nitrogens is 1. The van der Waals surface area contributed by atoms with Crippen molar-refractivity contribution in [3.8, 4) is 28.1 Å². The second-order valence-corrected chi connectivity index (χ2v) is 9.40. The van der Waals surface area contributed by atoms with E-state index in [1.165, 1.54) is 35.7 Å². The Labute approximate surface area is 217 Å². The van der Waals surface area contributed by atoms with E-state index in [0.717, 1.165) is 19.0 Å². The highest BCUT2D eigenvalue weighted by Crippen LogP contribution is 2.40. The molecule has 4 heterocycles. The zero-order valence-corrected chi connectivity index (χ0v) is 20.3. The predicted molar refractivity (Wildman–Crippen MR) is 126 cm³/mol. The van der Waals surface area contributed by atoms with Crippen molar-refractivity contribution >= 4 is 11.6 Å². The standard InChI is InChI=1S/C24H18ClF4N9/c25-16-4-6-19(37-12-31-34-35-37)21(22(16)27)14-3-5-18(30-8-14)20(7-13-1-2-13)36-11-15(9-32-36)23-17(26)10-33-38(23)24(28)29/h3-6,8-13,20,24H,1-2,7H2/p+1/t20-/m1/s1. The zero-order valence-electron chi connectivity index (χ0n) is 19.5. The van der Waals surface area contributed by atoms with E-state index < -0.39 is 18.2 Å². The summed E-state index contributed by atoms with van der Waals surface area (Å²) in [5.74, 6) is -1.03. The fourth-order valence-electron chi connectivity index (χ4n) is 4.48. The highest BCUT2D eigenvalue weighted by molar-refractivity contribution is 6.31. The number of pyridine rings is 1. The second-order valence-electron chi connectivity index (χ2n) is 9.00. The van der Waals surface area contributed by atoms with Gasteiger partial charge in [0.25, 0.3) is 6.33 Å². The van der Waals surface area contributed by atoms with E-state index in [2.05, 4.69) is 30.7 Å². The molecule has 1 aromatic carbocycles. The summed E-state index contributed by atoms with van der Waals surface area (Å²) in [5, 5.41) is 17.8. The van der Waals surface area contributed by atoms with Crippen molar-refractivity contribution in [2.24, 2.45) is 5.92 Å². The van der Waals surface area contributed by atoms with Crippen molar-refractivity contribution in [3.63, 3.8) is 0 Å². The van der Waals surface area contributed by atoms with Crippen molar-refractivity contribution in [1.29, 1.82) is 0 Å². The number of aromatic amines is 1. The summed E-state index contributed by atoms with van der Waals surface area (Å²) < 4.78 is 59.5. The summed E-state index contributed by atoms with van der Waals surface area (Å²) in [6, 6.07) is 6.22. The number of tetrazole rings is 1. The molecular formula is C24H19ClF4N9+. The van der Waals surface area contributed by atoms with Gasteiger partial charge in [0.05, 0.1) is 34.7 Å². The predicted octanol–water partition coefficient (Wildman–Crippen LogP) is 4.92. The van der Waals surface area contributed by atoms with Crippen LogP contribution in [0.25, 0.3) is 28.1 Å². The number of aromatic nitrogens is 9. The second kappa shape index (κ2) is 9.63. The average molecular weight is 545 g/mol. The first-order valence-electron chi connectivity index (χ1n) is 11.7. The highest BCUT2D eigenvalue weighted by Gasteiger charge is 2.30. The van der Waals surface area contributed by atoms with Gasteiger partial charge in [0.15, 0.2) is 16.8 Å². The number of nitrogens with zero attached hydrogens (tertiary/aromatic N) is 8. The number of benzene rings is 1. The molecule has 1 atom stereocenters. The van der Waals surface area contributed by atoms with Crippen molar-refractivity contribution in [2.45, 2.75) is 31.9 Å². The van der Waals surface area contributed by atoms with Crippen molar-refractivity contribution in [1.82, 2.24) is 40.1 Å². The first-order chi connectivity index (χ1) is 18.4. The minimum Gasteiger partial charge on any atom is -0.263 e. The van der Waals surface area contributed by atoms with E-state index in [9.17, 15) is 13.2 Å². The molecule has 0 bridgehead atoms. The van der Waals surface area contributed by atoms with E-state index in [1.54, 1.807) is 22.9 Å². The third-order valence-corrected chi connectivity index (χ3v) is 6.80. The van der Waals surface area contributed by atoms with Crippen LogP contribution >= 0.6 is 11.6 Å². The van der Waals surface area contributed by atoms with Crippen LogP contribution in [0.5, 0.6) is 0 Å². The Morgan fingerprint density at radius 2 is 1.89 bits per heavy atom. The minimum atomic E-state index is -3.00. The molecule has 9 nitrogen and oxygen atoms in total. The maximum Gasteiger partial charge on any atom is 0.333 e. The molecular weight excluding hydrogens is 526 g/mol. The Kier molecular flexibility index (Phi) is 6.14. The van der Waals surface area contributed by atoms with Gasteiger partial charge in [0.2, 0.25) is 0 Å². The molecule has 0 unspecified atom stereocenters. The molecule has 4 aromatic heterocycles. The van der Waals surface area contributed by atoms with Gasteiger partial charge in [-0.3, -0.25) is 9.67 Å². The fraction of sp³-hybridized carbons (Fsp3) is 0.250. The summed E-state index contributed by atoms with van der Waals surface area (Å²) in [6.45, 7) is -3.00. The van der Waals surface area contributed by atoms with Crippen LogP contribution in [0.2, 0.25) is 5.02 Å². The Balaban J connectivity index is 1.37. The lowest BCUT2D eigenvalue weighted by Gasteiger charge is -2.18. The van der Waals surface area contributed by atoms with Gasteiger partial charge in [-0.1, -0.05) is 35.7 Å². The smallest absolute Gasteiger partial charge is 0.263 e. The summed E-state index contributed by atoms with van der Waals surface area (Å²) in [4.78, 5) is 4.61. The van der Waals surface area contributed by atoms with Crippen LogP contribution in [-0.4, -0.2) is 40.1 Å². The van der Waals surface area contributed by atoms with E-state index in [1.807, 2.05) is 0 Å². The number of halogens is 5. The first kappa shape index (κ1) is 24.2. The summed E-state index contributed by atoms with van der Waals surface area (Å²) in [5.41, 5.74) is 1.60. The van der Waals surface area contributed by atoms with E-state index in [4.69, 9.17) is 11.6 Å². The summed E-state index contributed by atoms with van der Waals surface area (Å²) >= 11 is 6.07. The molecule has 0 spiro atoms. The third-order valence-electron chi connectivity index (χ3n) is 6.51. The molecule has 0 saturated heterocycles. The quantitative estimate of drug-likeness (QED) is 0.221. The molecule has 1 saturated carbocycles. The highest BCUT2D eigenvalue weighted by atomic mass is 35.5. The van der Waals surface area contributed by atoms with E-state index >= 15 is 4.39 Å². The van der Waals surface area contributed by atoms with E-state index in [-0.39, 0.29) is 27.9 Å². The number of rotatable bonds is 8. The molecule has 1 fully saturated rings. The van der Waals surface area contributed by atoms with E-state index in [0.29, 0.717) is 34.0 Å². The van der Waals surface area contributed by atoms with Crippen molar-refractivity contribution in [2.75, 3.05) is 0 Å². The Bertz CT molecular complexity index is 1580. The summed E-state index contributed by atoms with van der Waals surface area (Å²) in [7, 11) is 0. The molecule has 0 aliphatic heterocycles. The van der Waals surface area contributed by atoms with Gasteiger partial charge in [-0.2, -0.15) is 19.0 Å². The van der Waals surface area contributed by atoms with Crippen LogP contribution in [0.1, 0.15) is 37.5 Å². The van der Waals surface area contributed by atoms with Crippen LogP contribution in [0.3, 0.4) is 0 Å². The lowest BCUT2D eigenvalue weighted by atomic mass is 10.0. The van der Waals surface area contributed by atoms with Crippen LogP contribution in [0.4, 0.5) is 17.6 Å². The molecule has 1 aliphatic rings. The van der Waals surface area contributed by atoms with Gasteiger partial charge in [0, 0.05) is 23.5 Å². The maximum atomic E-state index is 15.2.